The number of carbonyl (C=O) groups is 1. The first-order valence-corrected chi connectivity index (χ1v) is 25.6. The van der Waals surface area contributed by atoms with E-state index in [-0.39, 0.29) is 19.1 Å². The number of unbranched alkanes of at least 4 members (excludes halogenated alkanes) is 27. The van der Waals surface area contributed by atoms with E-state index in [1.165, 1.54) is 135 Å². The number of nitrogens with zero attached hydrogens (tertiary/aromatic N) is 1. The Morgan fingerprint density at radius 2 is 1.02 bits per heavy atom. The molecule has 8 nitrogen and oxygen atoms in total. The van der Waals surface area contributed by atoms with Crippen molar-refractivity contribution in [3.8, 4) is 0 Å². The molecule has 0 aromatic heterocycles. The van der Waals surface area contributed by atoms with Crippen LogP contribution in [-0.2, 0) is 18.4 Å². The average Bonchev–Trinajstić information content (AvgIpc) is 3.16. The number of allylic oxidation sites excluding steroid dienone is 4. The predicted octanol–water partition coefficient (Wildman–Crippen LogP) is 13.1. The maximum Gasteiger partial charge on any atom is 0.268 e. The minimum absolute atomic E-state index is 0.0100. The number of quaternary nitrogens is 1. The van der Waals surface area contributed by atoms with Gasteiger partial charge >= 0.3 is 0 Å². The molecule has 338 valence electrons. The van der Waals surface area contributed by atoms with E-state index in [9.17, 15) is 19.4 Å². The van der Waals surface area contributed by atoms with Gasteiger partial charge in [-0.05, 0) is 44.9 Å². The fraction of sp³-hybridized carbons (Fsp3) is 0.896. The van der Waals surface area contributed by atoms with Gasteiger partial charge in [0.25, 0.3) is 7.82 Å². The topological polar surface area (TPSA) is 108 Å². The zero-order valence-electron chi connectivity index (χ0n) is 38.3. The molecule has 0 aromatic rings. The molecule has 0 aliphatic rings. The van der Waals surface area contributed by atoms with E-state index in [2.05, 4.69) is 43.5 Å². The van der Waals surface area contributed by atoms with E-state index in [1.807, 2.05) is 21.1 Å². The average molecular weight is 827 g/mol. The van der Waals surface area contributed by atoms with Gasteiger partial charge in [0.2, 0.25) is 5.91 Å². The molecule has 9 heteroatoms. The Bertz CT molecular complexity index is 984. The zero-order valence-corrected chi connectivity index (χ0v) is 39.2. The highest BCUT2D eigenvalue weighted by Gasteiger charge is 2.24. The van der Waals surface area contributed by atoms with Gasteiger partial charge in [-0.3, -0.25) is 9.36 Å². The quantitative estimate of drug-likeness (QED) is 0.0274. The lowest BCUT2D eigenvalue weighted by atomic mass is 10.0. The van der Waals surface area contributed by atoms with Crippen LogP contribution in [0.25, 0.3) is 0 Å². The molecule has 0 aliphatic heterocycles. The highest BCUT2D eigenvalue weighted by Crippen LogP contribution is 2.38. The fourth-order valence-electron chi connectivity index (χ4n) is 7.07. The first-order valence-electron chi connectivity index (χ1n) is 24.2. The third kappa shape index (κ3) is 42.9. The van der Waals surface area contributed by atoms with E-state index < -0.39 is 20.0 Å². The third-order valence-corrected chi connectivity index (χ3v) is 11.9. The van der Waals surface area contributed by atoms with Crippen molar-refractivity contribution in [2.24, 2.45) is 0 Å². The lowest BCUT2D eigenvalue weighted by Crippen LogP contribution is -2.46. The van der Waals surface area contributed by atoms with E-state index >= 15 is 0 Å². The lowest BCUT2D eigenvalue weighted by Gasteiger charge is -2.30. The molecule has 0 fully saturated rings. The first kappa shape index (κ1) is 56.0. The molecule has 0 saturated carbocycles. The van der Waals surface area contributed by atoms with Gasteiger partial charge in [0, 0.05) is 6.42 Å². The van der Waals surface area contributed by atoms with Crippen LogP contribution in [0.5, 0.6) is 0 Å². The maximum absolute atomic E-state index is 12.9. The molecule has 2 N–H and O–H groups in total. The molecule has 57 heavy (non-hydrogen) atoms. The number of amides is 1. The summed E-state index contributed by atoms with van der Waals surface area (Å²) >= 11 is 0. The van der Waals surface area contributed by atoms with Gasteiger partial charge in [-0.2, -0.15) is 0 Å². The van der Waals surface area contributed by atoms with Gasteiger partial charge in [-0.25, -0.2) is 0 Å². The molecule has 3 atom stereocenters. The number of likely N-dealkylation sites (N-methyl/N-ethyl adjacent to an activating group) is 1. The van der Waals surface area contributed by atoms with Crippen molar-refractivity contribution < 1.29 is 32.9 Å². The molecule has 0 heterocycles. The van der Waals surface area contributed by atoms with Crippen molar-refractivity contribution in [3.63, 3.8) is 0 Å². The number of carbonyl (C=O) groups excluding carboxylic acids is 1. The Morgan fingerprint density at radius 3 is 1.49 bits per heavy atom. The summed E-state index contributed by atoms with van der Waals surface area (Å²) in [7, 11) is 1.30. The molecular weight excluding hydrogens is 732 g/mol. The summed E-state index contributed by atoms with van der Waals surface area (Å²) in [5, 5.41) is 13.9. The van der Waals surface area contributed by atoms with Crippen molar-refractivity contribution in [3.05, 3.63) is 24.3 Å². The molecule has 0 rings (SSSR count). The van der Waals surface area contributed by atoms with Crippen LogP contribution in [-0.4, -0.2) is 68.5 Å². The van der Waals surface area contributed by atoms with Gasteiger partial charge in [0.05, 0.1) is 39.9 Å². The van der Waals surface area contributed by atoms with Crippen LogP contribution in [0.1, 0.15) is 226 Å². The summed E-state index contributed by atoms with van der Waals surface area (Å²) in [6.07, 6.45) is 47.5. The maximum atomic E-state index is 12.9. The Morgan fingerprint density at radius 1 is 0.614 bits per heavy atom. The van der Waals surface area contributed by atoms with Gasteiger partial charge in [-0.15, -0.1) is 0 Å². The Hall–Kier alpha value is -1.02. The van der Waals surface area contributed by atoms with Crippen LogP contribution >= 0.6 is 7.82 Å². The molecule has 0 saturated heterocycles. The van der Waals surface area contributed by atoms with E-state index in [1.54, 1.807) is 0 Å². The molecule has 3 unspecified atom stereocenters. The van der Waals surface area contributed by atoms with Crippen LogP contribution in [0.15, 0.2) is 24.3 Å². The highest BCUT2D eigenvalue weighted by molar-refractivity contribution is 7.45. The van der Waals surface area contributed by atoms with Crippen LogP contribution < -0.4 is 10.2 Å². The molecular formula is C48H95N2O6P. The van der Waals surface area contributed by atoms with Gasteiger partial charge in [0.15, 0.2) is 0 Å². The second-order valence-corrected chi connectivity index (χ2v) is 19.2. The van der Waals surface area contributed by atoms with Crippen molar-refractivity contribution in [1.82, 2.24) is 5.32 Å². The summed E-state index contributed by atoms with van der Waals surface area (Å²) in [6.45, 7) is 4.70. The highest BCUT2D eigenvalue weighted by atomic mass is 31.2. The number of hydrogen-bond acceptors (Lipinski definition) is 6. The molecule has 0 radical (unpaired) electrons. The Labute approximate surface area is 354 Å². The number of hydrogen-bond donors (Lipinski definition) is 2. The molecule has 1 amide bonds. The number of phosphoric acid groups is 1. The standard InChI is InChI=1S/C48H95N2O6P/c1-6-8-10-12-14-16-18-20-22-23-24-25-26-28-29-31-33-35-37-39-41-47(51)46(45-56-57(53,54)55-44-43-50(3,4)5)49-48(52)42-40-38-36-34-32-30-27-21-19-17-15-13-11-9-7-2/h15,17,21,27,46-47,51H,6-14,16,18-20,22-26,28-45H2,1-5H3,(H-,49,52,53,54)/b17-15-,27-21-. The van der Waals surface area contributed by atoms with Crippen molar-refractivity contribution in [1.29, 1.82) is 0 Å². The third-order valence-electron chi connectivity index (χ3n) is 10.9. The SMILES string of the molecule is CCCCC/C=C\C/C=C\CCCCCCCC(=O)NC(COP(=O)([O-])OCC[N+](C)(C)C)C(O)CCCCCCCCCCCCCCCCCCCCCC. The van der Waals surface area contributed by atoms with E-state index in [0.717, 1.165) is 64.2 Å². The number of rotatable bonds is 44. The number of nitrogens with one attached hydrogen (secondary N) is 1. The minimum Gasteiger partial charge on any atom is -0.756 e. The molecule has 0 bridgehead atoms. The lowest BCUT2D eigenvalue weighted by molar-refractivity contribution is -0.870. The van der Waals surface area contributed by atoms with Crippen molar-refractivity contribution >= 4 is 13.7 Å². The monoisotopic (exact) mass is 827 g/mol. The second kappa shape index (κ2) is 40.4. The van der Waals surface area contributed by atoms with E-state index in [4.69, 9.17) is 9.05 Å². The minimum atomic E-state index is -4.57. The molecule has 0 aliphatic carbocycles. The summed E-state index contributed by atoms with van der Waals surface area (Å²) < 4.78 is 23.3. The first-order chi connectivity index (χ1) is 27.5. The van der Waals surface area contributed by atoms with Crippen LogP contribution in [0.4, 0.5) is 0 Å². The summed E-state index contributed by atoms with van der Waals surface area (Å²) in [5.74, 6) is -0.177. The van der Waals surface area contributed by atoms with Gasteiger partial charge < -0.3 is 28.8 Å². The zero-order chi connectivity index (χ0) is 42.1. The predicted molar refractivity (Wildman–Crippen MR) is 242 cm³/mol. The Balaban J connectivity index is 4.30. The van der Waals surface area contributed by atoms with Crippen LogP contribution in [0, 0.1) is 0 Å². The largest absolute Gasteiger partial charge is 0.756 e. The number of phosphoric ester groups is 1. The number of aliphatic hydroxyl groups excluding tert-OH is 1. The fourth-order valence-corrected chi connectivity index (χ4v) is 7.79. The van der Waals surface area contributed by atoms with Gasteiger partial charge in [-0.1, -0.05) is 199 Å². The van der Waals surface area contributed by atoms with Crippen LogP contribution in [0.3, 0.4) is 0 Å². The number of aliphatic hydroxyl groups is 1. The summed E-state index contributed by atoms with van der Waals surface area (Å²) in [5.41, 5.74) is 0. The summed E-state index contributed by atoms with van der Waals surface area (Å²) in [6, 6.07) is -0.805. The normalized spacial score (nSPS) is 14.4. The molecule has 0 spiro atoms. The van der Waals surface area contributed by atoms with Crippen molar-refractivity contribution in [2.45, 2.75) is 238 Å². The smallest absolute Gasteiger partial charge is 0.268 e. The van der Waals surface area contributed by atoms with Gasteiger partial charge in [0.1, 0.15) is 13.2 Å². The molecule has 0 aromatic carbocycles. The van der Waals surface area contributed by atoms with E-state index in [0.29, 0.717) is 23.9 Å². The van der Waals surface area contributed by atoms with Crippen molar-refractivity contribution in [2.75, 3.05) is 40.9 Å². The Kier molecular flexibility index (Phi) is 39.7. The second-order valence-electron chi connectivity index (χ2n) is 17.8. The van der Waals surface area contributed by atoms with Crippen LogP contribution in [0.2, 0.25) is 0 Å². The summed E-state index contributed by atoms with van der Waals surface area (Å²) in [4.78, 5) is 25.4.